The van der Waals surface area contributed by atoms with Crippen LogP contribution in [-0.4, -0.2) is 35.2 Å². The van der Waals surface area contributed by atoms with Crippen LogP contribution in [0.3, 0.4) is 0 Å². The summed E-state index contributed by atoms with van der Waals surface area (Å²) in [6, 6.07) is 3.99. The van der Waals surface area contributed by atoms with Crippen molar-refractivity contribution >= 4 is 29.2 Å². The summed E-state index contributed by atoms with van der Waals surface area (Å²) in [5, 5.41) is 9.29. The molecule has 114 valence electrons. The highest BCUT2D eigenvalue weighted by Crippen LogP contribution is 2.52. The monoisotopic (exact) mass is 323 g/mol. The van der Waals surface area contributed by atoms with Gasteiger partial charge in [-0.15, -0.1) is 0 Å². The predicted molar refractivity (Wildman–Crippen MR) is 75.1 cm³/mol. The van der Waals surface area contributed by atoms with Crippen LogP contribution in [0.2, 0.25) is 5.02 Å². The maximum absolute atomic E-state index is 13.3. The second-order valence-corrected chi connectivity index (χ2v) is 6.17. The molecule has 1 amide bonds. The summed E-state index contributed by atoms with van der Waals surface area (Å²) in [6.07, 6.45) is 2.90. The number of carboxylic acids is 1. The van der Waals surface area contributed by atoms with Crippen molar-refractivity contribution in [3.63, 3.8) is 0 Å². The maximum Gasteiger partial charge on any atom is 0.310 e. The summed E-state index contributed by atoms with van der Waals surface area (Å²) in [5.74, 6) is -3.60. The van der Waals surface area contributed by atoms with E-state index >= 15 is 0 Å². The molecule has 4 rings (SSSR count). The number of carbonyl (C=O) groups is 2. The van der Waals surface area contributed by atoms with Crippen molar-refractivity contribution in [1.29, 1.82) is 0 Å². The van der Waals surface area contributed by atoms with Crippen LogP contribution in [0.15, 0.2) is 30.4 Å². The summed E-state index contributed by atoms with van der Waals surface area (Å²) >= 11 is 5.76. The van der Waals surface area contributed by atoms with Gasteiger partial charge in [0.2, 0.25) is 5.91 Å². The standard InChI is InChI=1S/C15H11ClFNO4/c16-8-5-7(1-2-9(8)17)18-6-15-4-3-10(22-15)11(14(20)21)12(15)13(18)19/h1-5,10-12H,6H2,(H,20,21)/t10-,11-,12+,15-/m0/s1. The first-order valence-corrected chi connectivity index (χ1v) is 7.17. The number of rotatable bonds is 2. The normalized spacial score (nSPS) is 35.3. The van der Waals surface area contributed by atoms with Crippen LogP contribution in [0.5, 0.6) is 0 Å². The highest BCUT2D eigenvalue weighted by Gasteiger charge is 2.67. The molecule has 1 spiro atoms. The van der Waals surface area contributed by atoms with Gasteiger partial charge < -0.3 is 14.7 Å². The van der Waals surface area contributed by atoms with Gasteiger partial charge in [-0.1, -0.05) is 23.8 Å². The van der Waals surface area contributed by atoms with E-state index in [9.17, 15) is 19.1 Å². The molecule has 1 aromatic rings. The van der Waals surface area contributed by atoms with Crippen LogP contribution >= 0.6 is 11.6 Å². The average molecular weight is 324 g/mol. The highest BCUT2D eigenvalue weighted by atomic mass is 35.5. The van der Waals surface area contributed by atoms with Gasteiger partial charge in [-0.3, -0.25) is 9.59 Å². The van der Waals surface area contributed by atoms with E-state index < -0.39 is 35.3 Å². The third kappa shape index (κ3) is 1.62. The number of ether oxygens (including phenoxy) is 1. The molecule has 7 heteroatoms. The van der Waals surface area contributed by atoms with E-state index in [4.69, 9.17) is 16.3 Å². The number of halogens is 2. The lowest BCUT2D eigenvalue weighted by molar-refractivity contribution is -0.146. The fraction of sp³-hybridized carbons (Fsp3) is 0.333. The average Bonchev–Trinajstić information content (AvgIpc) is 3.10. The lowest BCUT2D eigenvalue weighted by Crippen LogP contribution is -2.39. The first-order valence-electron chi connectivity index (χ1n) is 6.79. The molecule has 0 aromatic heterocycles. The zero-order valence-corrected chi connectivity index (χ0v) is 12.0. The van der Waals surface area contributed by atoms with Gasteiger partial charge in [-0.2, -0.15) is 0 Å². The van der Waals surface area contributed by atoms with Crippen LogP contribution in [0.4, 0.5) is 10.1 Å². The summed E-state index contributed by atoms with van der Waals surface area (Å²) in [6.45, 7) is 0.204. The first kappa shape index (κ1) is 13.7. The summed E-state index contributed by atoms with van der Waals surface area (Å²) in [4.78, 5) is 25.6. The van der Waals surface area contributed by atoms with Crippen molar-refractivity contribution in [1.82, 2.24) is 0 Å². The smallest absolute Gasteiger partial charge is 0.310 e. The van der Waals surface area contributed by atoms with E-state index in [-0.39, 0.29) is 17.5 Å². The molecule has 1 aromatic carbocycles. The van der Waals surface area contributed by atoms with Gasteiger partial charge in [0.1, 0.15) is 17.3 Å². The number of hydrogen-bond acceptors (Lipinski definition) is 3. The molecule has 22 heavy (non-hydrogen) atoms. The Balaban J connectivity index is 1.74. The van der Waals surface area contributed by atoms with Gasteiger partial charge in [0.25, 0.3) is 0 Å². The minimum atomic E-state index is -1.05. The van der Waals surface area contributed by atoms with Crippen molar-refractivity contribution in [2.24, 2.45) is 11.8 Å². The molecule has 3 heterocycles. The van der Waals surface area contributed by atoms with Gasteiger partial charge in [0, 0.05) is 5.69 Å². The van der Waals surface area contributed by atoms with Crippen LogP contribution in [0, 0.1) is 17.7 Å². The molecular formula is C15H11ClFNO4. The Labute approximate surface area is 129 Å². The van der Waals surface area contributed by atoms with Gasteiger partial charge in [-0.25, -0.2) is 4.39 Å². The highest BCUT2D eigenvalue weighted by molar-refractivity contribution is 6.31. The molecule has 2 fully saturated rings. The number of anilines is 1. The van der Waals surface area contributed by atoms with E-state index in [1.165, 1.54) is 23.1 Å². The summed E-state index contributed by atoms with van der Waals surface area (Å²) < 4.78 is 19.1. The van der Waals surface area contributed by atoms with E-state index in [1.54, 1.807) is 12.2 Å². The number of fused-ring (bicyclic) bond motifs is 1. The molecule has 2 bridgehead atoms. The lowest BCUT2D eigenvalue weighted by Gasteiger charge is -2.21. The van der Waals surface area contributed by atoms with E-state index in [0.29, 0.717) is 5.69 Å². The van der Waals surface area contributed by atoms with E-state index in [1.807, 2.05) is 0 Å². The number of carboxylic acid groups (broad SMARTS) is 1. The van der Waals surface area contributed by atoms with Crippen molar-refractivity contribution in [2.45, 2.75) is 11.7 Å². The Morgan fingerprint density at radius 2 is 2.27 bits per heavy atom. The number of aliphatic carboxylic acids is 1. The molecule has 0 aliphatic carbocycles. The Bertz CT molecular complexity index is 736. The Hall–Kier alpha value is -1.92. The van der Waals surface area contributed by atoms with Crippen molar-refractivity contribution in [3.8, 4) is 0 Å². The second kappa shape index (κ2) is 4.30. The van der Waals surface area contributed by atoms with Gasteiger partial charge in [0.15, 0.2) is 0 Å². The lowest BCUT2D eigenvalue weighted by atomic mass is 9.77. The van der Waals surface area contributed by atoms with E-state index in [0.717, 1.165) is 0 Å². The quantitative estimate of drug-likeness (QED) is 0.844. The molecule has 5 nitrogen and oxygen atoms in total. The minimum Gasteiger partial charge on any atom is -0.481 e. The number of carbonyl (C=O) groups excluding carboxylic acids is 1. The first-order chi connectivity index (χ1) is 10.4. The van der Waals surface area contributed by atoms with Gasteiger partial charge in [0.05, 0.1) is 23.6 Å². The van der Waals surface area contributed by atoms with E-state index in [2.05, 4.69) is 0 Å². The molecule has 0 saturated carbocycles. The molecule has 0 unspecified atom stereocenters. The molecule has 3 aliphatic heterocycles. The van der Waals surface area contributed by atoms with Crippen LogP contribution in [-0.2, 0) is 14.3 Å². The third-order valence-corrected chi connectivity index (χ3v) is 4.89. The summed E-state index contributed by atoms with van der Waals surface area (Å²) in [7, 11) is 0. The zero-order valence-electron chi connectivity index (χ0n) is 11.2. The van der Waals surface area contributed by atoms with Crippen LogP contribution in [0.25, 0.3) is 0 Å². The molecular weight excluding hydrogens is 313 g/mol. The number of nitrogens with zero attached hydrogens (tertiary/aromatic N) is 1. The molecule has 2 saturated heterocycles. The molecule has 4 atom stereocenters. The Kier molecular flexibility index (Phi) is 2.68. The molecule has 1 N–H and O–H groups in total. The van der Waals surface area contributed by atoms with Crippen molar-refractivity contribution in [3.05, 3.63) is 41.2 Å². The fourth-order valence-electron chi connectivity index (χ4n) is 3.65. The SMILES string of the molecule is O=C(O)[C@H]1[C@@H]2C=C[C@@]3(CN(c4ccc(F)c(Cl)c4)C(=O)[C@@H]13)O2. The maximum atomic E-state index is 13.3. The third-order valence-electron chi connectivity index (χ3n) is 4.60. The molecule has 0 radical (unpaired) electrons. The fourth-order valence-corrected chi connectivity index (χ4v) is 3.83. The molecule has 3 aliphatic rings. The van der Waals surface area contributed by atoms with Crippen LogP contribution < -0.4 is 4.90 Å². The predicted octanol–water partition coefficient (Wildman–Crippen LogP) is 1.85. The number of amides is 1. The summed E-state index contributed by atoms with van der Waals surface area (Å²) in [5.41, 5.74) is -0.476. The second-order valence-electron chi connectivity index (χ2n) is 5.76. The van der Waals surface area contributed by atoms with Gasteiger partial charge >= 0.3 is 5.97 Å². The Morgan fingerprint density at radius 3 is 2.95 bits per heavy atom. The minimum absolute atomic E-state index is 0.0876. The number of hydrogen-bond donors (Lipinski definition) is 1. The zero-order chi connectivity index (χ0) is 15.6. The largest absolute Gasteiger partial charge is 0.481 e. The topological polar surface area (TPSA) is 66.8 Å². The van der Waals surface area contributed by atoms with Crippen molar-refractivity contribution < 1.29 is 23.8 Å². The van der Waals surface area contributed by atoms with Gasteiger partial charge in [-0.05, 0) is 18.2 Å². The Morgan fingerprint density at radius 1 is 1.50 bits per heavy atom. The van der Waals surface area contributed by atoms with Crippen molar-refractivity contribution in [2.75, 3.05) is 11.4 Å². The van der Waals surface area contributed by atoms with Crippen LogP contribution in [0.1, 0.15) is 0 Å². The number of benzene rings is 1.